The number of fused-ring (bicyclic) bond motifs is 1. The van der Waals surface area contributed by atoms with Gasteiger partial charge < -0.3 is 10.6 Å². The summed E-state index contributed by atoms with van der Waals surface area (Å²) in [5.41, 5.74) is 4.11. The third-order valence-corrected chi connectivity index (χ3v) is 6.77. The van der Waals surface area contributed by atoms with Gasteiger partial charge in [0.05, 0.1) is 21.2 Å². The Morgan fingerprint density at radius 2 is 1.91 bits per heavy atom. The first-order chi connectivity index (χ1) is 16.1. The number of benzene rings is 2. The molecule has 0 spiro atoms. The number of carbonyl (C=O) groups is 1. The zero-order valence-corrected chi connectivity index (χ0v) is 20.3. The lowest BCUT2D eigenvalue weighted by Crippen LogP contribution is -2.10. The van der Waals surface area contributed by atoms with Crippen molar-refractivity contribution >= 4 is 61.9 Å². The number of amides is 1. The van der Waals surface area contributed by atoms with Gasteiger partial charge in [-0.2, -0.15) is 9.61 Å². The second-order valence-corrected chi connectivity index (χ2v) is 9.43. The molecule has 3 heterocycles. The van der Waals surface area contributed by atoms with Crippen LogP contribution in [0.2, 0.25) is 5.02 Å². The molecule has 0 aliphatic rings. The molecule has 0 saturated carbocycles. The molecule has 0 radical (unpaired) electrons. The molecule has 0 aliphatic carbocycles. The van der Waals surface area contributed by atoms with Crippen LogP contribution in [-0.4, -0.2) is 20.5 Å². The molecule has 0 unspecified atom stereocenters. The van der Waals surface area contributed by atoms with Crippen molar-refractivity contribution < 1.29 is 4.79 Å². The van der Waals surface area contributed by atoms with Crippen molar-refractivity contribution in [3.63, 3.8) is 0 Å². The minimum atomic E-state index is -0.105. The number of anilines is 2. The molecule has 5 aromatic rings. The predicted octanol–water partition coefficient (Wildman–Crippen LogP) is 6.74. The highest BCUT2D eigenvalue weighted by atomic mass is 79.9. The Hall–Kier alpha value is -3.20. The van der Waals surface area contributed by atoms with Crippen LogP contribution in [-0.2, 0) is 6.54 Å². The largest absolute Gasteiger partial charge is 0.366 e. The Kier molecular flexibility index (Phi) is 6.13. The van der Waals surface area contributed by atoms with Crippen LogP contribution in [0.15, 0.2) is 82.8 Å². The van der Waals surface area contributed by atoms with Gasteiger partial charge in [0.1, 0.15) is 5.82 Å². The van der Waals surface area contributed by atoms with Crippen molar-refractivity contribution in [1.82, 2.24) is 14.6 Å². The van der Waals surface area contributed by atoms with Crippen LogP contribution in [0.4, 0.5) is 11.5 Å². The number of hydrogen-bond acceptors (Lipinski definition) is 5. The second kappa shape index (κ2) is 9.35. The van der Waals surface area contributed by atoms with Crippen molar-refractivity contribution in [2.45, 2.75) is 6.54 Å². The van der Waals surface area contributed by atoms with Crippen LogP contribution in [0, 0.1) is 0 Å². The SMILES string of the molecule is O=C(Nc1ccc(CNc2cc(-c3ccccc3Cl)nc3c(Br)cnn23)cc1)c1cccs1. The zero-order valence-electron chi connectivity index (χ0n) is 17.1. The van der Waals surface area contributed by atoms with Crippen LogP contribution in [0.5, 0.6) is 0 Å². The first-order valence-electron chi connectivity index (χ1n) is 10.1. The van der Waals surface area contributed by atoms with E-state index in [1.165, 1.54) is 11.3 Å². The summed E-state index contributed by atoms with van der Waals surface area (Å²) in [5, 5.41) is 13.3. The fourth-order valence-electron chi connectivity index (χ4n) is 3.37. The van der Waals surface area contributed by atoms with Crippen LogP contribution in [0.1, 0.15) is 15.2 Å². The van der Waals surface area contributed by atoms with Crippen LogP contribution < -0.4 is 10.6 Å². The maximum Gasteiger partial charge on any atom is 0.265 e. The molecule has 0 saturated heterocycles. The quantitative estimate of drug-likeness (QED) is 0.251. The van der Waals surface area contributed by atoms with Gasteiger partial charge in [0, 0.05) is 28.9 Å². The van der Waals surface area contributed by atoms with E-state index in [0.717, 1.165) is 32.8 Å². The zero-order chi connectivity index (χ0) is 22.8. The van der Waals surface area contributed by atoms with Crippen LogP contribution >= 0.6 is 38.9 Å². The Balaban J connectivity index is 1.36. The van der Waals surface area contributed by atoms with Crippen molar-refractivity contribution in [3.8, 4) is 11.3 Å². The third kappa shape index (κ3) is 4.64. The standard InChI is InChI=1S/C24H17BrClN5OS/c25-18-14-28-31-22(12-20(30-23(18)31)17-4-1-2-5-19(17)26)27-13-15-7-9-16(10-8-15)29-24(32)21-6-3-11-33-21/h1-12,14,27H,13H2,(H,29,32). The molecule has 9 heteroatoms. The van der Waals surface area contributed by atoms with E-state index in [2.05, 4.69) is 31.7 Å². The number of rotatable bonds is 6. The normalized spacial score (nSPS) is 11.0. The topological polar surface area (TPSA) is 71.3 Å². The first-order valence-corrected chi connectivity index (χ1v) is 12.1. The summed E-state index contributed by atoms with van der Waals surface area (Å²) in [7, 11) is 0. The number of aromatic nitrogens is 3. The van der Waals surface area contributed by atoms with Gasteiger partial charge >= 0.3 is 0 Å². The number of nitrogens with one attached hydrogen (secondary N) is 2. The Labute approximate surface area is 207 Å². The number of carbonyl (C=O) groups excluding carboxylic acids is 1. The molecular weight excluding hydrogens is 522 g/mol. The minimum Gasteiger partial charge on any atom is -0.366 e. The maximum atomic E-state index is 12.2. The number of halogens is 2. The van der Waals surface area contributed by atoms with E-state index in [9.17, 15) is 4.79 Å². The van der Waals surface area contributed by atoms with E-state index < -0.39 is 0 Å². The predicted molar refractivity (Wildman–Crippen MR) is 137 cm³/mol. The Morgan fingerprint density at radius 3 is 2.67 bits per heavy atom. The first kappa shape index (κ1) is 21.6. The third-order valence-electron chi connectivity index (χ3n) is 5.01. The van der Waals surface area contributed by atoms with Gasteiger partial charge in [-0.1, -0.05) is 48.0 Å². The summed E-state index contributed by atoms with van der Waals surface area (Å²) < 4.78 is 2.55. The summed E-state index contributed by atoms with van der Waals surface area (Å²) in [6, 6.07) is 21.0. The van der Waals surface area contributed by atoms with E-state index in [-0.39, 0.29) is 5.91 Å². The fraction of sp³-hybridized carbons (Fsp3) is 0.0417. The van der Waals surface area contributed by atoms with E-state index in [0.29, 0.717) is 22.1 Å². The summed E-state index contributed by atoms with van der Waals surface area (Å²) in [4.78, 5) is 17.6. The second-order valence-electron chi connectivity index (χ2n) is 7.22. The molecule has 5 rings (SSSR count). The van der Waals surface area contributed by atoms with E-state index >= 15 is 0 Å². The van der Waals surface area contributed by atoms with Gasteiger partial charge in [-0.25, -0.2) is 4.98 Å². The lowest BCUT2D eigenvalue weighted by Gasteiger charge is -2.12. The lowest BCUT2D eigenvalue weighted by atomic mass is 10.1. The van der Waals surface area contributed by atoms with Gasteiger partial charge in [0.15, 0.2) is 5.65 Å². The molecule has 0 fully saturated rings. The van der Waals surface area contributed by atoms with Gasteiger partial charge in [0.25, 0.3) is 5.91 Å². The number of hydrogen-bond donors (Lipinski definition) is 2. The lowest BCUT2D eigenvalue weighted by molar-refractivity contribution is 0.103. The van der Waals surface area contributed by atoms with Crippen LogP contribution in [0.3, 0.4) is 0 Å². The van der Waals surface area contributed by atoms with Crippen molar-refractivity contribution in [2.75, 3.05) is 10.6 Å². The molecule has 2 aromatic carbocycles. The van der Waals surface area contributed by atoms with Crippen molar-refractivity contribution in [3.05, 3.63) is 98.2 Å². The Morgan fingerprint density at radius 1 is 1.09 bits per heavy atom. The summed E-state index contributed by atoms with van der Waals surface area (Å²) in [6.45, 7) is 0.567. The highest BCUT2D eigenvalue weighted by Gasteiger charge is 2.13. The summed E-state index contributed by atoms with van der Waals surface area (Å²) in [6.07, 6.45) is 1.72. The molecule has 1 amide bonds. The molecule has 3 aromatic heterocycles. The summed E-state index contributed by atoms with van der Waals surface area (Å²) in [5.74, 6) is 0.683. The van der Waals surface area contributed by atoms with E-state index in [4.69, 9.17) is 16.6 Å². The average Bonchev–Trinajstić information content (AvgIpc) is 3.49. The molecule has 2 N–H and O–H groups in total. The van der Waals surface area contributed by atoms with E-state index in [1.54, 1.807) is 16.8 Å². The highest BCUT2D eigenvalue weighted by Crippen LogP contribution is 2.30. The van der Waals surface area contributed by atoms with E-state index in [1.807, 2.05) is 66.0 Å². The molecule has 33 heavy (non-hydrogen) atoms. The van der Waals surface area contributed by atoms with Gasteiger partial charge in [-0.3, -0.25) is 4.79 Å². The smallest absolute Gasteiger partial charge is 0.265 e. The number of thiophene rings is 1. The van der Waals surface area contributed by atoms with Gasteiger partial charge in [0.2, 0.25) is 0 Å². The Bertz CT molecular complexity index is 1430. The monoisotopic (exact) mass is 537 g/mol. The summed E-state index contributed by atoms with van der Waals surface area (Å²) >= 11 is 11.3. The highest BCUT2D eigenvalue weighted by molar-refractivity contribution is 9.10. The molecule has 164 valence electrons. The molecular formula is C24H17BrClN5OS. The molecule has 0 atom stereocenters. The number of nitrogens with zero attached hydrogens (tertiary/aromatic N) is 3. The van der Waals surface area contributed by atoms with Gasteiger partial charge in [-0.05, 0) is 51.1 Å². The van der Waals surface area contributed by atoms with Crippen LogP contribution in [0.25, 0.3) is 16.9 Å². The molecule has 6 nitrogen and oxygen atoms in total. The van der Waals surface area contributed by atoms with Crippen molar-refractivity contribution in [2.24, 2.45) is 0 Å². The fourth-order valence-corrected chi connectivity index (χ4v) is 4.57. The minimum absolute atomic E-state index is 0.105. The molecule has 0 bridgehead atoms. The van der Waals surface area contributed by atoms with Gasteiger partial charge in [-0.15, -0.1) is 11.3 Å². The average molecular weight is 539 g/mol. The molecule has 0 aliphatic heterocycles. The van der Waals surface area contributed by atoms with Crippen molar-refractivity contribution in [1.29, 1.82) is 0 Å². The maximum absolute atomic E-state index is 12.2.